The number of ether oxygens (including phenoxy) is 1. The first-order valence-corrected chi connectivity index (χ1v) is 6.57. The van der Waals surface area contributed by atoms with Crippen LogP contribution in [0.5, 0.6) is 0 Å². The Balaban J connectivity index is 2.04. The SMILES string of the molecule is CCC[C@@H]1C[C@H](Cl)C[C@H](c2ccccc2)O1. The largest absolute Gasteiger partial charge is 0.370 e. The second-order valence-electron chi connectivity index (χ2n) is 4.51. The highest BCUT2D eigenvalue weighted by atomic mass is 35.5. The minimum atomic E-state index is 0.189. The molecular formula is C14H19ClO. The molecule has 0 saturated carbocycles. The third kappa shape index (κ3) is 2.99. The molecule has 1 aliphatic heterocycles. The van der Waals surface area contributed by atoms with Crippen LogP contribution in [-0.2, 0) is 4.74 Å². The molecule has 0 radical (unpaired) electrons. The van der Waals surface area contributed by atoms with Crippen LogP contribution in [0.2, 0.25) is 0 Å². The van der Waals surface area contributed by atoms with Gasteiger partial charge < -0.3 is 4.74 Å². The molecule has 0 spiro atoms. The number of halogens is 1. The quantitative estimate of drug-likeness (QED) is 0.713. The zero-order chi connectivity index (χ0) is 11.4. The predicted molar refractivity (Wildman–Crippen MR) is 67.8 cm³/mol. The van der Waals surface area contributed by atoms with Gasteiger partial charge in [-0.25, -0.2) is 0 Å². The molecule has 1 saturated heterocycles. The minimum Gasteiger partial charge on any atom is -0.370 e. The van der Waals surface area contributed by atoms with Crippen LogP contribution in [0.1, 0.15) is 44.3 Å². The fourth-order valence-corrected chi connectivity index (χ4v) is 2.71. The number of alkyl halides is 1. The second kappa shape index (κ2) is 5.70. The van der Waals surface area contributed by atoms with Crippen LogP contribution in [0.25, 0.3) is 0 Å². The van der Waals surface area contributed by atoms with E-state index in [0.717, 1.165) is 25.7 Å². The van der Waals surface area contributed by atoms with Gasteiger partial charge in [0.2, 0.25) is 0 Å². The Bertz CT molecular complexity index is 312. The van der Waals surface area contributed by atoms with E-state index in [1.807, 2.05) is 6.07 Å². The van der Waals surface area contributed by atoms with Crippen LogP contribution in [0.15, 0.2) is 30.3 Å². The van der Waals surface area contributed by atoms with Gasteiger partial charge in [-0.05, 0) is 24.8 Å². The van der Waals surface area contributed by atoms with E-state index in [-0.39, 0.29) is 11.5 Å². The first-order chi connectivity index (χ1) is 7.79. The molecule has 0 bridgehead atoms. The lowest BCUT2D eigenvalue weighted by Gasteiger charge is -2.33. The Kier molecular flexibility index (Phi) is 4.25. The molecular weight excluding hydrogens is 220 g/mol. The Labute approximate surface area is 103 Å². The maximum atomic E-state index is 6.31. The van der Waals surface area contributed by atoms with Crippen molar-refractivity contribution in [2.75, 3.05) is 0 Å². The summed E-state index contributed by atoms with van der Waals surface area (Å²) in [5.41, 5.74) is 1.26. The smallest absolute Gasteiger partial charge is 0.0842 e. The summed E-state index contributed by atoms with van der Waals surface area (Å²) in [5, 5.41) is 0.260. The molecule has 0 amide bonds. The summed E-state index contributed by atoms with van der Waals surface area (Å²) in [4.78, 5) is 0. The maximum Gasteiger partial charge on any atom is 0.0842 e. The average molecular weight is 239 g/mol. The Morgan fingerprint density at radius 2 is 2.00 bits per heavy atom. The van der Waals surface area contributed by atoms with Gasteiger partial charge in [0.15, 0.2) is 0 Å². The van der Waals surface area contributed by atoms with E-state index in [0.29, 0.717) is 6.10 Å². The van der Waals surface area contributed by atoms with Gasteiger partial charge in [0.1, 0.15) is 0 Å². The summed E-state index contributed by atoms with van der Waals surface area (Å²) in [5.74, 6) is 0. The van der Waals surface area contributed by atoms with E-state index in [1.54, 1.807) is 0 Å². The molecule has 0 aromatic heterocycles. The van der Waals surface area contributed by atoms with Crippen LogP contribution in [-0.4, -0.2) is 11.5 Å². The molecule has 0 unspecified atom stereocenters. The van der Waals surface area contributed by atoms with Gasteiger partial charge in [-0.2, -0.15) is 0 Å². The molecule has 16 heavy (non-hydrogen) atoms. The molecule has 88 valence electrons. The van der Waals surface area contributed by atoms with Crippen LogP contribution in [0.3, 0.4) is 0 Å². The fourth-order valence-electron chi connectivity index (χ4n) is 2.35. The van der Waals surface area contributed by atoms with Gasteiger partial charge in [0.05, 0.1) is 12.2 Å². The number of benzene rings is 1. The van der Waals surface area contributed by atoms with E-state index in [1.165, 1.54) is 5.56 Å². The molecule has 1 aliphatic rings. The normalized spacial score (nSPS) is 30.2. The highest BCUT2D eigenvalue weighted by Gasteiger charge is 2.28. The molecule has 1 nitrogen and oxygen atoms in total. The van der Waals surface area contributed by atoms with Crippen molar-refractivity contribution in [1.82, 2.24) is 0 Å². The van der Waals surface area contributed by atoms with Gasteiger partial charge in [-0.3, -0.25) is 0 Å². The second-order valence-corrected chi connectivity index (χ2v) is 5.13. The Morgan fingerprint density at radius 3 is 2.69 bits per heavy atom. The van der Waals surface area contributed by atoms with Gasteiger partial charge in [-0.1, -0.05) is 43.7 Å². The molecule has 1 fully saturated rings. The van der Waals surface area contributed by atoms with Gasteiger partial charge in [-0.15, -0.1) is 11.6 Å². The minimum absolute atomic E-state index is 0.189. The molecule has 3 atom stereocenters. The van der Waals surface area contributed by atoms with Crippen molar-refractivity contribution in [1.29, 1.82) is 0 Å². The third-order valence-electron chi connectivity index (χ3n) is 3.13. The predicted octanol–water partition coefficient (Wildman–Crippen LogP) is 4.31. The van der Waals surface area contributed by atoms with Crippen molar-refractivity contribution in [2.45, 2.75) is 50.2 Å². The zero-order valence-corrected chi connectivity index (χ0v) is 10.5. The van der Waals surface area contributed by atoms with Gasteiger partial charge in [0.25, 0.3) is 0 Å². The summed E-state index contributed by atoms with van der Waals surface area (Å²) >= 11 is 6.31. The summed E-state index contributed by atoms with van der Waals surface area (Å²) < 4.78 is 6.10. The molecule has 0 aliphatic carbocycles. The van der Waals surface area contributed by atoms with Crippen molar-refractivity contribution in [2.24, 2.45) is 0 Å². The highest BCUT2D eigenvalue weighted by molar-refractivity contribution is 6.20. The van der Waals surface area contributed by atoms with E-state index >= 15 is 0 Å². The Morgan fingerprint density at radius 1 is 1.25 bits per heavy atom. The average Bonchev–Trinajstić information content (AvgIpc) is 2.30. The van der Waals surface area contributed by atoms with Crippen molar-refractivity contribution in [3.05, 3.63) is 35.9 Å². The lowest BCUT2D eigenvalue weighted by atomic mass is 9.96. The first kappa shape index (κ1) is 11.9. The molecule has 2 heteroatoms. The summed E-state index contributed by atoms with van der Waals surface area (Å²) in [6, 6.07) is 10.4. The molecule has 0 N–H and O–H groups in total. The third-order valence-corrected chi connectivity index (χ3v) is 3.48. The van der Waals surface area contributed by atoms with Crippen LogP contribution in [0.4, 0.5) is 0 Å². The summed E-state index contributed by atoms with van der Waals surface area (Å²) in [7, 11) is 0. The summed E-state index contributed by atoms with van der Waals surface area (Å²) in [6.07, 6.45) is 4.74. The lowest BCUT2D eigenvalue weighted by Crippen LogP contribution is -2.28. The van der Waals surface area contributed by atoms with Crippen LogP contribution in [0, 0.1) is 0 Å². The summed E-state index contributed by atoms with van der Waals surface area (Å²) in [6.45, 7) is 2.19. The van der Waals surface area contributed by atoms with Crippen molar-refractivity contribution < 1.29 is 4.74 Å². The fraction of sp³-hybridized carbons (Fsp3) is 0.571. The molecule has 1 heterocycles. The maximum absolute atomic E-state index is 6.31. The van der Waals surface area contributed by atoms with Crippen molar-refractivity contribution >= 4 is 11.6 Å². The number of hydrogen-bond acceptors (Lipinski definition) is 1. The molecule has 2 rings (SSSR count). The Hall–Kier alpha value is -0.530. The monoisotopic (exact) mass is 238 g/mol. The lowest BCUT2D eigenvalue weighted by molar-refractivity contribution is -0.0532. The topological polar surface area (TPSA) is 9.23 Å². The van der Waals surface area contributed by atoms with E-state index in [9.17, 15) is 0 Å². The van der Waals surface area contributed by atoms with E-state index in [2.05, 4.69) is 31.2 Å². The highest BCUT2D eigenvalue weighted by Crippen LogP contribution is 2.35. The standard InChI is InChI=1S/C14H19ClO/c1-2-6-13-9-12(15)10-14(16-13)11-7-4-3-5-8-11/h3-5,7-8,12-14H,2,6,9-10H2,1H3/t12-,13+,14+/m0/s1. The van der Waals surface area contributed by atoms with Gasteiger partial charge in [0, 0.05) is 5.38 Å². The molecule has 1 aromatic carbocycles. The van der Waals surface area contributed by atoms with Crippen molar-refractivity contribution in [3.8, 4) is 0 Å². The molecule has 1 aromatic rings. The van der Waals surface area contributed by atoms with E-state index in [4.69, 9.17) is 16.3 Å². The number of rotatable bonds is 3. The van der Waals surface area contributed by atoms with Crippen molar-refractivity contribution in [3.63, 3.8) is 0 Å². The van der Waals surface area contributed by atoms with Gasteiger partial charge >= 0.3 is 0 Å². The van der Waals surface area contributed by atoms with Crippen LogP contribution >= 0.6 is 11.6 Å². The van der Waals surface area contributed by atoms with Crippen LogP contribution < -0.4 is 0 Å². The number of hydrogen-bond donors (Lipinski definition) is 0. The van der Waals surface area contributed by atoms with E-state index < -0.39 is 0 Å². The zero-order valence-electron chi connectivity index (χ0n) is 9.73. The first-order valence-electron chi connectivity index (χ1n) is 6.14.